The molecule has 3 aliphatic rings. The van der Waals surface area contributed by atoms with Crippen LogP contribution < -0.4 is 0 Å². The molecule has 3 rings (SSSR count). The first-order valence-electron chi connectivity index (χ1n) is 8.10. The Balaban J connectivity index is 2.36. The predicted octanol–water partition coefficient (Wildman–Crippen LogP) is -0.613. The molecule has 0 amide bonds. The Labute approximate surface area is 154 Å². The summed E-state index contributed by atoms with van der Waals surface area (Å²) in [4.78, 5) is 57.7. The van der Waals surface area contributed by atoms with E-state index in [0.29, 0.717) is 0 Å². The fraction of sp³-hybridized carbons (Fsp3) is 0.688. The third-order valence-corrected chi connectivity index (χ3v) is 3.80. The minimum absolute atomic E-state index is 0.285. The Hall–Kier alpha value is -2.69. The van der Waals surface area contributed by atoms with Crippen molar-refractivity contribution in [1.82, 2.24) is 0 Å². The van der Waals surface area contributed by atoms with Crippen LogP contribution in [0.5, 0.6) is 0 Å². The predicted molar refractivity (Wildman–Crippen MR) is 81.6 cm³/mol. The fourth-order valence-corrected chi connectivity index (χ4v) is 2.97. The molecular formula is C16H20O11. The van der Waals surface area contributed by atoms with Crippen LogP contribution in [0.15, 0.2) is 0 Å². The molecule has 0 N–H and O–H groups in total. The molecule has 150 valence electrons. The summed E-state index contributed by atoms with van der Waals surface area (Å²) in [7, 11) is 0. The quantitative estimate of drug-likeness (QED) is 0.425. The zero-order valence-electron chi connectivity index (χ0n) is 15.2. The molecule has 0 aliphatic carbocycles. The molecule has 0 aromatic carbocycles. The van der Waals surface area contributed by atoms with Gasteiger partial charge in [-0.25, -0.2) is 4.79 Å². The largest absolute Gasteiger partial charge is 0.462 e. The van der Waals surface area contributed by atoms with Crippen LogP contribution in [-0.2, 0) is 52.4 Å². The van der Waals surface area contributed by atoms with Crippen molar-refractivity contribution in [3.05, 3.63) is 0 Å². The van der Waals surface area contributed by atoms with Gasteiger partial charge in [0.1, 0.15) is 18.8 Å². The highest BCUT2D eigenvalue weighted by atomic mass is 16.8. The van der Waals surface area contributed by atoms with E-state index in [1.807, 2.05) is 0 Å². The van der Waals surface area contributed by atoms with Crippen LogP contribution >= 0.6 is 0 Å². The van der Waals surface area contributed by atoms with Crippen LogP contribution in [0.4, 0.5) is 0 Å². The molecule has 1 unspecified atom stereocenters. The monoisotopic (exact) mass is 388 g/mol. The van der Waals surface area contributed by atoms with Gasteiger partial charge in [-0.3, -0.25) is 19.2 Å². The average Bonchev–Trinajstić information content (AvgIpc) is 2.51. The van der Waals surface area contributed by atoms with Crippen molar-refractivity contribution >= 4 is 29.8 Å². The summed E-state index contributed by atoms with van der Waals surface area (Å²) in [6.45, 7) is 4.09. The van der Waals surface area contributed by atoms with Gasteiger partial charge < -0.3 is 28.4 Å². The number of esters is 5. The molecule has 2 bridgehead atoms. The van der Waals surface area contributed by atoms with Gasteiger partial charge in [0.05, 0.1) is 6.42 Å². The van der Waals surface area contributed by atoms with Crippen molar-refractivity contribution in [2.24, 2.45) is 0 Å². The van der Waals surface area contributed by atoms with Crippen molar-refractivity contribution in [2.75, 3.05) is 6.61 Å². The first-order chi connectivity index (χ1) is 12.5. The SMILES string of the molecule is CC(=O)OC[C@@H](OC(C)=O)[C@H]1OC2(OC(C)=O)C[C@@H](OC(C)=O)[C@H]1OC2=O. The number of hydrogen-bond acceptors (Lipinski definition) is 11. The Bertz CT molecular complexity index is 657. The van der Waals surface area contributed by atoms with Crippen molar-refractivity contribution in [2.45, 2.75) is 64.3 Å². The molecule has 3 fully saturated rings. The molecule has 11 nitrogen and oxygen atoms in total. The summed E-state index contributed by atoms with van der Waals surface area (Å²) in [5, 5.41) is 0. The van der Waals surface area contributed by atoms with Gasteiger partial charge in [0.25, 0.3) is 0 Å². The lowest BCUT2D eigenvalue weighted by Crippen LogP contribution is -2.71. The van der Waals surface area contributed by atoms with E-state index in [2.05, 4.69) is 0 Å². The number of ether oxygens (including phenoxy) is 6. The topological polar surface area (TPSA) is 141 Å². The van der Waals surface area contributed by atoms with E-state index < -0.39 is 66.7 Å². The van der Waals surface area contributed by atoms with Gasteiger partial charge in [-0.05, 0) is 0 Å². The molecule has 3 heterocycles. The van der Waals surface area contributed by atoms with Crippen molar-refractivity contribution in [3.63, 3.8) is 0 Å². The van der Waals surface area contributed by atoms with E-state index in [4.69, 9.17) is 28.4 Å². The summed E-state index contributed by atoms with van der Waals surface area (Å²) in [6, 6.07) is 0. The van der Waals surface area contributed by atoms with Gasteiger partial charge in [0, 0.05) is 27.7 Å². The second kappa shape index (κ2) is 7.91. The highest BCUT2D eigenvalue weighted by molar-refractivity contribution is 5.83. The number of hydrogen-bond donors (Lipinski definition) is 0. The summed E-state index contributed by atoms with van der Waals surface area (Å²) in [6.07, 6.45) is -4.86. The highest BCUT2D eigenvalue weighted by Gasteiger charge is 2.65. The smallest absolute Gasteiger partial charge is 0.380 e. The lowest BCUT2D eigenvalue weighted by molar-refractivity contribution is -0.351. The molecule has 0 aromatic rings. The minimum atomic E-state index is -2.17. The molecular weight excluding hydrogens is 368 g/mol. The number of carbonyl (C=O) groups excluding carboxylic acids is 5. The third-order valence-electron chi connectivity index (χ3n) is 3.80. The maximum atomic E-state index is 12.2. The minimum Gasteiger partial charge on any atom is -0.462 e. The van der Waals surface area contributed by atoms with Crippen LogP contribution in [0.3, 0.4) is 0 Å². The van der Waals surface area contributed by atoms with Crippen LogP contribution in [0, 0.1) is 0 Å². The molecule has 5 atom stereocenters. The molecule has 11 heteroatoms. The second-order valence-corrected chi connectivity index (χ2v) is 6.10. The molecule has 0 radical (unpaired) electrons. The average molecular weight is 388 g/mol. The summed E-state index contributed by atoms with van der Waals surface area (Å²) >= 11 is 0. The van der Waals surface area contributed by atoms with E-state index in [1.54, 1.807) is 0 Å². The van der Waals surface area contributed by atoms with E-state index in [-0.39, 0.29) is 6.42 Å². The van der Waals surface area contributed by atoms with Crippen LogP contribution in [0.1, 0.15) is 34.1 Å². The summed E-state index contributed by atoms with van der Waals surface area (Å²) in [5.74, 6) is -6.00. The van der Waals surface area contributed by atoms with Gasteiger partial charge in [0.15, 0.2) is 12.2 Å². The van der Waals surface area contributed by atoms with E-state index >= 15 is 0 Å². The Kier molecular flexibility index (Phi) is 6.04. The Morgan fingerprint density at radius 3 is 2.26 bits per heavy atom. The number of carbonyl (C=O) groups is 5. The van der Waals surface area contributed by atoms with Crippen LogP contribution in [0.2, 0.25) is 0 Å². The van der Waals surface area contributed by atoms with Gasteiger partial charge in [-0.15, -0.1) is 0 Å². The van der Waals surface area contributed by atoms with Crippen molar-refractivity contribution in [3.8, 4) is 0 Å². The summed E-state index contributed by atoms with van der Waals surface area (Å²) in [5.41, 5.74) is 0. The van der Waals surface area contributed by atoms with Gasteiger partial charge in [-0.2, -0.15) is 0 Å². The fourth-order valence-electron chi connectivity index (χ4n) is 2.97. The Morgan fingerprint density at radius 1 is 1.07 bits per heavy atom. The normalized spacial score (nSPS) is 29.9. The number of fused-ring (bicyclic) bond motifs is 3. The van der Waals surface area contributed by atoms with Gasteiger partial charge in [-0.1, -0.05) is 0 Å². The van der Waals surface area contributed by atoms with Crippen LogP contribution in [-0.4, -0.2) is 66.7 Å². The van der Waals surface area contributed by atoms with E-state index in [0.717, 1.165) is 27.7 Å². The van der Waals surface area contributed by atoms with E-state index in [9.17, 15) is 24.0 Å². The standard InChI is InChI=1S/C16H20O11/c1-7(17)22-6-12(24-9(3)19)14-13-11(23-8(2)18)5-16(27-14,15(21)25-13)26-10(4)20/h11-14H,5-6H2,1-4H3/t11-,12-,13-,14-,16?/m1/s1. The van der Waals surface area contributed by atoms with Crippen molar-refractivity contribution in [1.29, 1.82) is 0 Å². The maximum Gasteiger partial charge on any atom is 0.380 e. The molecule has 0 saturated carbocycles. The van der Waals surface area contributed by atoms with Gasteiger partial charge >= 0.3 is 35.6 Å². The first-order valence-corrected chi connectivity index (χ1v) is 8.10. The zero-order valence-corrected chi connectivity index (χ0v) is 15.2. The van der Waals surface area contributed by atoms with Crippen LogP contribution in [0.25, 0.3) is 0 Å². The summed E-state index contributed by atoms with van der Waals surface area (Å²) < 4.78 is 31.0. The molecule has 0 spiro atoms. The highest BCUT2D eigenvalue weighted by Crippen LogP contribution is 2.42. The maximum absolute atomic E-state index is 12.2. The number of rotatable bonds is 6. The molecule has 27 heavy (non-hydrogen) atoms. The first kappa shape index (κ1) is 20.6. The zero-order chi connectivity index (χ0) is 20.4. The third kappa shape index (κ3) is 4.73. The van der Waals surface area contributed by atoms with Crippen molar-refractivity contribution < 1.29 is 52.4 Å². The molecule has 0 aromatic heterocycles. The van der Waals surface area contributed by atoms with E-state index in [1.165, 1.54) is 0 Å². The molecule has 3 saturated heterocycles. The van der Waals surface area contributed by atoms with Gasteiger partial charge in [0.2, 0.25) is 0 Å². The molecule has 3 aliphatic heterocycles. The lowest BCUT2D eigenvalue weighted by atomic mass is 9.89. The lowest BCUT2D eigenvalue weighted by Gasteiger charge is -2.51. The second-order valence-electron chi connectivity index (χ2n) is 6.10. The Morgan fingerprint density at radius 2 is 1.74 bits per heavy atom.